The van der Waals surface area contributed by atoms with Crippen LogP contribution < -0.4 is 10.5 Å². The molecule has 1 aliphatic rings. The van der Waals surface area contributed by atoms with Gasteiger partial charge in [-0.2, -0.15) is 12.7 Å². The van der Waals surface area contributed by atoms with Crippen LogP contribution in [0.1, 0.15) is 39.5 Å². The van der Waals surface area contributed by atoms with E-state index in [0.29, 0.717) is 38.1 Å². The molecule has 7 heteroatoms. The molecule has 0 spiro atoms. The zero-order chi connectivity index (χ0) is 15.9. The lowest BCUT2D eigenvalue weighted by atomic mass is 10.0. The summed E-state index contributed by atoms with van der Waals surface area (Å²) in [6.07, 6.45) is 3.80. The third-order valence-corrected chi connectivity index (χ3v) is 5.84. The van der Waals surface area contributed by atoms with Gasteiger partial charge in [-0.15, -0.1) is 0 Å². The first-order valence-electron chi connectivity index (χ1n) is 8.02. The van der Waals surface area contributed by atoms with Crippen LogP contribution in [0.5, 0.6) is 0 Å². The van der Waals surface area contributed by atoms with Crippen molar-refractivity contribution in [3.63, 3.8) is 0 Å². The van der Waals surface area contributed by atoms with Crippen molar-refractivity contribution in [2.75, 3.05) is 39.8 Å². The molecule has 3 N–H and O–H groups in total. The highest BCUT2D eigenvalue weighted by atomic mass is 32.2. The molecule has 1 fully saturated rings. The molecule has 0 aromatic heterocycles. The predicted molar refractivity (Wildman–Crippen MR) is 87.3 cm³/mol. The molecule has 0 bridgehead atoms. The molecule has 1 aliphatic heterocycles. The molecule has 0 aliphatic carbocycles. The van der Waals surface area contributed by atoms with Crippen molar-refractivity contribution >= 4 is 10.2 Å². The average Bonchev–Trinajstić information content (AvgIpc) is 2.46. The van der Waals surface area contributed by atoms with Crippen LogP contribution in [0.2, 0.25) is 0 Å². The largest absolute Gasteiger partial charge is 0.330 e. The molecule has 6 nitrogen and oxygen atoms in total. The second kappa shape index (κ2) is 9.05. The van der Waals surface area contributed by atoms with E-state index in [1.165, 1.54) is 0 Å². The van der Waals surface area contributed by atoms with Gasteiger partial charge in [0.05, 0.1) is 0 Å². The van der Waals surface area contributed by atoms with Crippen molar-refractivity contribution in [3.05, 3.63) is 0 Å². The maximum Gasteiger partial charge on any atom is 0.279 e. The molecular weight excluding hydrogens is 288 g/mol. The lowest BCUT2D eigenvalue weighted by molar-refractivity contribution is 0.264. The van der Waals surface area contributed by atoms with E-state index >= 15 is 0 Å². The number of rotatable bonds is 9. The molecule has 1 rings (SSSR count). The summed E-state index contributed by atoms with van der Waals surface area (Å²) < 4.78 is 28.7. The lowest BCUT2D eigenvalue weighted by Crippen LogP contribution is -2.47. The molecule has 0 aromatic rings. The third kappa shape index (κ3) is 6.61. The van der Waals surface area contributed by atoms with Crippen LogP contribution in [0.15, 0.2) is 0 Å². The van der Waals surface area contributed by atoms with Gasteiger partial charge in [0.1, 0.15) is 0 Å². The van der Waals surface area contributed by atoms with E-state index in [9.17, 15) is 8.42 Å². The van der Waals surface area contributed by atoms with Crippen LogP contribution in [0.4, 0.5) is 0 Å². The van der Waals surface area contributed by atoms with Crippen LogP contribution in [0, 0.1) is 5.92 Å². The number of hydrogen-bond acceptors (Lipinski definition) is 4. The van der Waals surface area contributed by atoms with E-state index in [0.717, 1.165) is 32.2 Å². The van der Waals surface area contributed by atoms with Crippen molar-refractivity contribution in [2.24, 2.45) is 11.7 Å². The summed E-state index contributed by atoms with van der Waals surface area (Å²) in [5.74, 6) is 0.301. The van der Waals surface area contributed by atoms with Gasteiger partial charge < -0.3 is 10.6 Å². The minimum absolute atomic E-state index is 0.301. The number of nitrogens with two attached hydrogens (primary N) is 1. The minimum Gasteiger partial charge on any atom is -0.330 e. The highest BCUT2D eigenvalue weighted by molar-refractivity contribution is 7.87. The monoisotopic (exact) mass is 320 g/mol. The standard InChI is InChI=1S/C14H32N4O2S/c1-13(2)17(3)9-5-4-8-16-21(19,20)18-10-6-7-14(11-15)12-18/h13-14,16H,4-12,15H2,1-3H3. The molecule has 1 saturated heterocycles. The Labute approximate surface area is 130 Å². The number of unbranched alkanes of at least 4 members (excludes halogenated alkanes) is 1. The average molecular weight is 321 g/mol. The van der Waals surface area contributed by atoms with Gasteiger partial charge in [0.2, 0.25) is 0 Å². The molecule has 126 valence electrons. The van der Waals surface area contributed by atoms with Crippen LogP contribution in [-0.2, 0) is 10.2 Å². The fourth-order valence-electron chi connectivity index (χ4n) is 2.47. The van der Waals surface area contributed by atoms with Crippen LogP contribution >= 0.6 is 0 Å². The van der Waals surface area contributed by atoms with E-state index in [-0.39, 0.29) is 0 Å². The Kier molecular flexibility index (Phi) is 8.12. The zero-order valence-corrected chi connectivity index (χ0v) is 14.5. The minimum atomic E-state index is -3.33. The molecule has 0 amide bonds. The normalized spacial score (nSPS) is 21.3. The Morgan fingerprint density at radius 2 is 2.10 bits per heavy atom. The summed E-state index contributed by atoms with van der Waals surface area (Å²) >= 11 is 0. The molecule has 0 aromatic carbocycles. The van der Waals surface area contributed by atoms with Gasteiger partial charge in [0, 0.05) is 25.7 Å². The zero-order valence-electron chi connectivity index (χ0n) is 13.7. The molecule has 21 heavy (non-hydrogen) atoms. The second-order valence-electron chi connectivity index (χ2n) is 6.28. The molecule has 1 heterocycles. The second-order valence-corrected chi connectivity index (χ2v) is 8.04. The summed E-state index contributed by atoms with van der Waals surface area (Å²) in [4.78, 5) is 2.27. The van der Waals surface area contributed by atoms with Gasteiger partial charge in [-0.3, -0.25) is 0 Å². The topological polar surface area (TPSA) is 78.7 Å². The number of nitrogens with zero attached hydrogens (tertiary/aromatic N) is 2. The summed E-state index contributed by atoms with van der Waals surface area (Å²) in [6, 6.07) is 0.531. The third-order valence-electron chi connectivity index (χ3n) is 4.26. The van der Waals surface area contributed by atoms with Gasteiger partial charge in [0.25, 0.3) is 10.2 Å². The number of nitrogens with one attached hydrogen (secondary N) is 1. The molecule has 0 radical (unpaired) electrons. The summed E-state index contributed by atoms with van der Waals surface area (Å²) in [6.45, 7) is 7.56. The first-order valence-corrected chi connectivity index (χ1v) is 9.46. The summed E-state index contributed by atoms with van der Waals surface area (Å²) in [5.41, 5.74) is 5.65. The van der Waals surface area contributed by atoms with Crippen LogP contribution in [-0.4, -0.2) is 63.4 Å². The van der Waals surface area contributed by atoms with E-state index in [1.54, 1.807) is 4.31 Å². The molecule has 0 saturated carbocycles. The van der Waals surface area contributed by atoms with Crippen molar-refractivity contribution in [2.45, 2.75) is 45.6 Å². The molecular formula is C14H32N4O2S. The Balaban J connectivity index is 2.26. The SMILES string of the molecule is CC(C)N(C)CCCCNS(=O)(=O)N1CCCC(CN)C1. The summed E-state index contributed by atoms with van der Waals surface area (Å²) in [5, 5.41) is 0. The fraction of sp³-hybridized carbons (Fsp3) is 1.00. The van der Waals surface area contributed by atoms with Crippen molar-refractivity contribution in [1.29, 1.82) is 0 Å². The van der Waals surface area contributed by atoms with E-state index in [1.807, 2.05) is 0 Å². The first-order chi connectivity index (χ1) is 9.86. The maximum atomic E-state index is 12.2. The maximum absolute atomic E-state index is 12.2. The van der Waals surface area contributed by atoms with Gasteiger partial charge in [-0.25, -0.2) is 4.72 Å². The van der Waals surface area contributed by atoms with Crippen LogP contribution in [0.25, 0.3) is 0 Å². The number of piperidine rings is 1. The van der Waals surface area contributed by atoms with E-state index in [4.69, 9.17) is 5.73 Å². The smallest absolute Gasteiger partial charge is 0.279 e. The van der Waals surface area contributed by atoms with Gasteiger partial charge >= 0.3 is 0 Å². The number of hydrogen-bond donors (Lipinski definition) is 2. The lowest BCUT2D eigenvalue weighted by Gasteiger charge is -2.31. The Hall–Kier alpha value is -0.210. The van der Waals surface area contributed by atoms with E-state index in [2.05, 4.69) is 30.5 Å². The Bertz CT molecular complexity index is 386. The van der Waals surface area contributed by atoms with Gasteiger partial charge in [-0.05, 0) is 65.6 Å². The van der Waals surface area contributed by atoms with Gasteiger partial charge in [-0.1, -0.05) is 0 Å². The molecule has 1 unspecified atom stereocenters. The molecule has 1 atom stereocenters. The predicted octanol–water partition coefficient (Wildman–Crippen LogP) is 0.612. The highest BCUT2D eigenvalue weighted by Crippen LogP contribution is 2.17. The van der Waals surface area contributed by atoms with Crippen LogP contribution in [0.3, 0.4) is 0 Å². The highest BCUT2D eigenvalue weighted by Gasteiger charge is 2.27. The Morgan fingerprint density at radius 3 is 2.71 bits per heavy atom. The summed E-state index contributed by atoms with van der Waals surface area (Å²) in [7, 11) is -1.24. The van der Waals surface area contributed by atoms with Crippen molar-refractivity contribution < 1.29 is 8.42 Å². The quantitative estimate of drug-likeness (QED) is 0.610. The fourth-order valence-corrected chi connectivity index (χ4v) is 3.84. The first kappa shape index (κ1) is 18.8. The van der Waals surface area contributed by atoms with E-state index < -0.39 is 10.2 Å². The van der Waals surface area contributed by atoms with Gasteiger partial charge in [0.15, 0.2) is 0 Å². The van der Waals surface area contributed by atoms with Crippen molar-refractivity contribution in [1.82, 2.24) is 13.9 Å². The Morgan fingerprint density at radius 1 is 1.38 bits per heavy atom. The van der Waals surface area contributed by atoms with Crippen molar-refractivity contribution in [3.8, 4) is 0 Å².